The molecule has 112 valence electrons. The fourth-order valence-corrected chi connectivity index (χ4v) is 2.44. The lowest BCUT2D eigenvalue weighted by Crippen LogP contribution is -2.16. The summed E-state index contributed by atoms with van der Waals surface area (Å²) in [4.78, 5) is 13.6. The molecule has 0 fully saturated rings. The largest absolute Gasteiger partial charge is 0.478 e. The highest BCUT2D eigenvalue weighted by Gasteiger charge is 2.22. The molecule has 0 aliphatic rings. The molecule has 0 aliphatic heterocycles. The minimum atomic E-state index is -4.29. The summed E-state index contributed by atoms with van der Waals surface area (Å²) < 4.78 is 44.3. The second-order valence-electron chi connectivity index (χ2n) is 3.73. The van der Waals surface area contributed by atoms with E-state index in [1.165, 1.54) is 7.11 Å². The Morgan fingerprint density at radius 3 is 2.71 bits per heavy atom. The quantitative estimate of drug-likeness (QED) is 0.729. The van der Waals surface area contributed by atoms with Crippen LogP contribution in [0.1, 0.15) is 10.4 Å². The molecule has 0 aliphatic carbocycles. The van der Waals surface area contributed by atoms with E-state index in [0.717, 1.165) is 12.1 Å². The van der Waals surface area contributed by atoms with Crippen LogP contribution >= 0.6 is 0 Å². The second kappa shape index (κ2) is 5.36. The Hall–Kier alpha value is -2.69. The number of aromatic amines is 1. The van der Waals surface area contributed by atoms with Crippen molar-refractivity contribution in [2.24, 2.45) is 0 Å². The molecular weight excluding hydrogens is 307 g/mol. The fourth-order valence-electron chi connectivity index (χ4n) is 1.42. The van der Waals surface area contributed by atoms with E-state index in [-0.39, 0.29) is 17.5 Å². The maximum atomic E-state index is 13.7. The average molecular weight is 316 g/mol. The first kappa shape index (κ1) is 14.7. The van der Waals surface area contributed by atoms with Gasteiger partial charge in [0, 0.05) is 0 Å². The molecule has 1 aromatic carbocycles. The molecule has 0 unspecified atom stereocenters. The minimum absolute atomic E-state index is 0.102. The van der Waals surface area contributed by atoms with Crippen LogP contribution < -0.4 is 9.46 Å². The summed E-state index contributed by atoms with van der Waals surface area (Å²) in [7, 11) is -3.01. The number of ether oxygens (including phenoxy) is 1. The summed E-state index contributed by atoms with van der Waals surface area (Å²) >= 11 is 0. The summed E-state index contributed by atoms with van der Waals surface area (Å²) in [6.45, 7) is 0. The molecule has 0 amide bonds. The number of carbonyl (C=O) groups is 1. The van der Waals surface area contributed by atoms with Gasteiger partial charge in [-0.3, -0.25) is 0 Å². The number of rotatable bonds is 5. The van der Waals surface area contributed by atoms with E-state index in [2.05, 4.69) is 19.9 Å². The number of hydrogen-bond donors (Lipinski definition) is 3. The molecular formula is C10H9FN4O5S. The standard InChI is InChI=1S/C10H9FN4O5S/c1-20-10-12-9(13-14-10)15-21(18,19)7-3-2-5(8(16)17)4-6(7)11/h2-4H,1H3,(H,16,17)(H2,12,13,14,15). The third-order valence-corrected chi connectivity index (χ3v) is 3.72. The summed E-state index contributed by atoms with van der Waals surface area (Å²) in [5.74, 6) is -2.84. The van der Waals surface area contributed by atoms with Crippen molar-refractivity contribution in [1.29, 1.82) is 0 Å². The zero-order valence-corrected chi connectivity index (χ0v) is 11.3. The maximum absolute atomic E-state index is 13.7. The first-order valence-electron chi connectivity index (χ1n) is 5.35. The molecule has 2 aromatic rings. The number of methoxy groups -OCH3 is 1. The van der Waals surface area contributed by atoms with E-state index >= 15 is 0 Å². The van der Waals surface area contributed by atoms with Gasteiger partial charge in [0.25, 0.3) is 10.0 Å². The van der Waals surface area contributed by atoms with Crippen LogP contribution in [0.4, 0.5) is 10.3 Å². The lowest BCUT2D eigenvalue weighted by Gasteiger charge is -2.06. The van der Waals surface area contributed by atoms with Crippen molar-refractivity contribution in [2.75, 3.05) is 11.8 Å². The molecule has 3 N–H and O–H groups in total. The van der Waals surface area contributed by atoms with Gasteiger partial charge >= 0.3 is 12.0 Å². The lowest BCUT2D eigenvalue weighted by atomic mass is 10.2. The Morgan fingerprint density at radius 1 is 1.48 bits per heavy atom. The highest BCUT2D eigenvalue weighted by molar-refractivity contribution is 7.92. The van der Waals surface area contributed by atoms with Crippen LogP contribution in [0.2, 0.25) is 0 Å². The first-order chi connectivity index (χ1) is 9.83. The number of sulfonamides is 1. The predicted octanol–water partition coefficient (Wildman–Crippen LogP) is 0.451. The molecule has 1 aromatic heterocycles. The Morgan fingerprint density at radius 2 is 2.19 bits per heavy atom. The molecule has 0 saturated carbocycles. The number of benzene rings is 1. The van der Waals surface area contributed by atoms with Crippen molar-refractivity contribution in [3.63, 3.8) is 0 Å². The number of carboxylic acids is 1. The van der Waals surface area contributed by atoms with Gasteiger partial charge in [-0.05, 0) is 18.2 Å². The van der Waals surface area contributed by atoms with Crippen LogP contribution in [0, 0.1) is 5.82 Å². The number of carboxylic acid groups (broad SMARTS) is 1. The number of halogens is 1. The Labute approximate surface area is 117 Å². The Bertz CT molecular complexity index is 788. The van der Waals surface area contributed by atoms with E-state index < -0.39 is 26.7 Å². The van der Waals surface area contributed by atoms with E-state index in [4.69, 9.17) is 5.11 Å². The lowest BCUT2D eigenvalue weighted by molar-refractivity contribution is 0.0696. The SMILES string of the molecule is COc1n[nH]c(NS(=O)(=O)c2ccc(C(=O)O)cc2F)n1. The molecule has 21 heavy (non-hydrogen) atoms. The maximum Gasteiger partial charge on any atom is 0.336 e. The fraction of sp³-hybridized carbons (Fsp3) is 0.100. The minimum Gasteiger partial charge on any atom is -0.478 e. The van der Waals surface area contributed by atoms with Gasteiger partial charge in [0.05, 0.1) is 12.7 Å². The van der Waals surface area contributed by atoms with Gasteiger partial charge in [-0.15, -0.1) is 5.10 Å². The molecule has 2 rings (SSSR count). The van der Waals surface area contributed by atoms with Crippen molar-refractivity contribution in [3.8, 4) is 6.01 Å². The second-order valence-corrected chi connectivity index (χ2v) is 5.38. The molecule has 0 atom stereocenters. The zero-order chi connectivity index (χ0) is 15.6. The monoisotopic (exact) mass is 316 g/mol. The number of anilines is 1. The molecule has 0 spiro atoms. The van der Waals surface area contributed by atoms with E-state index in [0.29, 0.717) is 6.07 Å². The third kappa shape index (κ3) is 3.08. The van der Waals surface area contributed by atoms with Crippen molar-refractivity contribution in [1.82, 2.24) is 15.2 Å². The van der Waals surface area contributed by atoms with Gasteiger partial charge in [-0.2, -0.15) is 4.98 Å². The van der Waals surface area contributed by atoms with Crippen molar-refractivity contribution < 1.29 is 27.4 Å². The molecule has 11 heteroatoms. The third-order valence-electron chi connectivity index (χ3n) is 2.35. The molecule has 9 nitrogen and oxygen atoms in total. The topological polar surface area (TPSA) is 134 Å². The predicted molar refractivity (Wildman–Crippen MR) is 67.1 cm³/mol. The Balaban J connectivity index is 2.33. The van der Waals surface area contributed by atoms with Gasteiger partial charge in [0.1, 0.15) is 10.7 Å². The highest BCUT2D eigenvalue weighted by atomic mass is 32.2. The number of aromatic carboxylic acids is 1. The van der Waals surface area contributed by atoms with Crippen LogP contribution in [-0.4, -0.2) is 41.8 Å². The van der Waals surface area contributed by atoms with Crippen molar-refractivity contribution in [2.45, 2.75) is 4.90 Å². The summed E-state index contributed by atoms with van der Waals surface area (Å²) in [5.41, 5.74) is -0.368. The van der Waals surface area contributed by atoms with Gasteiger partial charge < -0.3 is 9.84 Å². The van der Waals surface area contributed by atoms with Crippen LogP contribution in [-0.2, 0) is 10.0 Å². The van der Waals surface area contributed by atoms with Crippen LogP contribution in [0.3, 0.4) is 0 Å². The molecule has 0 bridgehead atoms. The number of aromatic nitrogens is 3. The van der Waals surface area contributed by atoms with Gasteiger partial charge in [0.2, 0.25) is 5.95 Å². The van der Waals surface area contributed by atoms with Gasteiger partial charge in [-0.25, -0.2) is 27.4 Å². The van der Waals surface area contributed by atoms with Crippen LogP contribution in [0.15, 0.2) is 23.1 Å². The summed E-state index contributed by atoms with van der Waals surface area (Å²) in [5, 5.41) is 14.5. The van der Waals surface area contributed by atoms with Crippen molar-refractivity contribution in [3.05, 3.63) is 29.6 Å². The number of nitrogens with zero attached hydrogens (tertiary/aromatic N) is 2. The molecule has 1 heterocycles. The zero-order valence-electron chi connectivity index (χ0n) is 10.5. The smallest absolute Gasteiger partial charge is 0.336 e. The van der Waals surface area contributed by atoms with Crippen LogP contribution in [0.5, 0.6) is 6.01 Å². The molecule has 0 radical (unpaired) electrons. The molecule has 0 saturated heterocycles. The van der Waals surface area contributed by atoms with E-state index in [1.807, 2.05) is 4.72 Å². The van der Waals surface area contributed by atoms with Gasteiger partial charge in [0.15, 0.2) is 0 Å². The Kier molecular flexibility index (Phi) is 3.76. The number of nitrogens with one attached hydrogen (secondary N) is 2. The summed E-state index contributed by atoms with van der Waals surface area (Å²) in [6, 6.07) is 2.32. The van der Waals surface area contributed by atoms with E-state index in [9.17, 15) is 17.6 Å². The summed E-state index contributed by atoms with van der Waals surface area (Å²) in [6.07, 6.45) is 0. The van der Waals surface area contributed by atoms with Crippen molar-refractivity contribution >= 4 is 21.9 Å². The van der Waals surface area contributed by atoms with Crippen LogP contribution in [0.25, 0.3) is 0 Å². The number of hydrogen-bond acceptors (Lipinski definition) is 6. The van der Waals surface area contributed by atoms with Gasteiger partial charge in [-0.1, -0.05) is 0 Å². The highest BCUT2D eigenvalue weighted by Crippen LogP contribution is 2.19. The average Bonchev–Trinajstić information content (AvgIpc) is 2.85. The number of H-pyrrole nitrogens is 1. The first-order valence-corrected chi connectivity index (χ1v) is 6.84. The normalized spacial score (nSPS) is 11.1. The van der Waals surface area contributed by atoms with E-state index in [1.54, 1.807) is 0 Å².